The van der Waals surface area contributed by atoms with Gasteiger partial charge in [-0.3, -0.25) is 19.3 Å². The molecule has 0 unspecified atom stereocenters. The van der Waals surface area contributed by atoms with E-state index in [1.807, 2.05) is 54.6 Å². The molecule has 1 aliphatic rings. The second kappa shape index (κ2) is 12.3. The van der Waals surface area contributed by atoms with Crippen LogP contribution in [0.25, 0.3) is 34.0 Å². The first kappa shape index (κ1) is 28.6. The second-order valence-electron chi connectivity index (χ2n) is 10.1. The van der Waals surface area contributed by atoms with Crippen LogP contribution in [0.2, 0.25) is 0 Å². The molecule has 0 radical (unpaired) electrons. The van der Waals surface area contributed by atoms with Gasteiger partial charge in [-0.2, -0.15) is 4.98 Å². The molecule has 0 spiro atoms. The first-order chi connectivity index (χ1) is 20.3. The van der Waals surface area contributed by atoms with Crippen LogP contribution in [0.4, 0.5) is 4.39 Å². The maximum absolute atomic E-state index is 14.8. The summed E-state index contributed by atoms with van der Waals surface area (Å²) in [5, 5.41) is 4.07. The zero-order valence-electron chi connectivity index (χ0n) is 22.9. The zero-order chi connectivity index (χ0) is 29.7. The van der Waals surface area contributed by atoms with Gasteiger partial charge in [0.15, 0.2) is 12.0 Å². The van der Waals surface area contributed by atoms with Crippen LogP contribution in [-0.2, 0) is 30.4 Å². The summed E-state index contributed by atoms with van der Waals surface area (Å²) in [5.41, 5.74) is 7.08. The number of esters is 2. The molecular formula is C31H29FN4O6. The molecular weight excluding hydrogens is 543 g/mol. The molecule has 0 atom stereocenters. The number of methoxy groups -OCH3 is 1. The number of rotatable bonds is 9. The molecule has 0 saturated carbocycles. The molecule has 5 rings (SSSR count). The molecule has 42 heavy (non-hydrogen) atoms. The Morgan fingerprint density at radius 3 is 2.29 bits per heavy atom. The van der Waals surface area contributed by atoms with Crippen LogP contribution < -0.4 is 5.73 Å². The minimum absolute atomic E-state index is 0.188. The summed E-state index contributed by atoms with van der Waals surface area (Å²) < 4.78 is 30.1. The number of amides is 1. The summed E-state index contributed by atoms with van der Waals surface area (Å²) >= 11 is 0. The monoisotopic (exact) mass is 572 g/mol. The summed E-state index contributed by atoms with van der Waals surface area (Å²) in [6.45, 7) is 0.873. The van der Waals surface area contributed by atoms with Gasteiger partial charge in [-0.1, -0.05) is 65.8 Å². The predicted molar refractivity (Wildman–Crippen MR) is 150 cm³/mol. The van der Waals surface area contributed by atoms with Crippen LogP contribution in [0.1, 0.15) is 18.4 Å². The van der Waals surface area contributed by atoms with Crippen molar-refractivity contribution in [3.8, 4) is 34.0 Å². The van der Waals surface area contributed by atoms with Crippen LogP contribution >= 0.6 is 0 Å². The molecule has 0 bridgehead atoms. The second-order valence-corrected chi connectivity index (χ2v) is 10.1. The Balaban J connectivity index is 1.22. The Hall–Kier alpha value is -4.90. The largest absolute Gasteiger partial charge is 0.468 e. The van der Waals surface area contributed by atoms with Crippen LogP contribution in [0.5, 0.6) is 0 Å². The summed E-state index contributed by atoms with van der Waals surface area (Å²) in [6.07, 6.45) is 0.377. The summed E-state index contributed by atoms with van der Waals surface area (Å²) in [5.74, 6) is -2.08. The fourth-order valence-electron chi connectivity index (χ4n) is 5.03. The van der Waals surface area contributed by atoms with E-state index in [0.717, 1.165) is 16.7 Å². The lowest BCUT2D eigenvalue weighted by molar-refractivity contribution is -0.175. The van der Waals surface area contributed by atoms with E-state index in [0.29, 0.717) is 36.6 Å². The molecule has 11 heteroatoms. The number of aromatic nitrogens is 2. The summed E-state index contributed by atoms with van der Waals surface area (Å²) in [7, 11) is 1.21. The molecule has 1 saturated heterocycles. The lowest BCUT2D eigenvalue weighted by Crippen LogP contribution is -2.50. The van der Waals surface area contributed by atoms with E-state index in [9.17, 15) is 18.8 Å². The van der Waals surface area contributed by atoms with Gasteiger partial charge >= 0.3 is 11.9 Å². The molecule has 216 valence electrons. The van der Waals surface area contributed by atoms with Gasteiger partial charge < -0.3 is 19.7 Å². The number of benzene rings is 3. The number of halogens is 1. The van der Waals surface area contributed by atoms with Crippen LogP contribution in [0, 0.1) is 11.2 Å². The van der Waals surface area contributed by atoms with Gasteiger partial charge in [0.25, 0.3) is 11.8 Å². The van der Waals surface area contributed by atoms with Gasteiger partial charge in [-0.05, 0) is 36.1 Å². The van der Waals surface area contributed by atoms with E-state index >= 15 is 0 Å². The molecule has 1 fully saturated rings. The van der Waals surface area contributed by atoms with Gasteiger partial charge in [-0.15, -0.1) is 0 Å². The number of primary amides is 1. The van der Waals surface area contributed by atoms with Crippen LogP contribution in [-0.4, -0.2) is 59.7 Å². The Morgan fingerprint density at radius 1 is 0.952 bits per heavy atom. The zero-order valence-corrected chi connectivity index (χ0v) is 22.9. The van der Waals surface area contributed by atoms with Crippen molar-refractivity contribution in [2.45, 2.75) is 19.4 Å². The predicted octanol–water partition coefficient (Wildman–Crippen LogP) is 3.99. The number of piperidine rings is 1. The van der Waals surface area contributed by atoms with Crippen LogP contribution in [0.3, 0.4) is 0 Å². The number of hydrogen-bond donors (Lipinski definition) is 1. The van der Waals surface area contributed by atoms with E-state index in [2.05, 4.69) is 15.0 Å². The highest BCUT2D eigenvalue weighted by Gasteiger charge is 2.50. The third kappa shape index (κ3) is 6.06. The van der Waals surface area contributed by atoms with E-state index in [-0.39, 0.29) is 24.5 Å². The molecule has 3 aromatic carbocycles. The quantitative estimate of drug-likeness (QED) is 0.233. The molecule has 1 aromatic heterocycles. The fraction of sp³-hybridized carbons (Fsp3) is 0.258. The Kier molecular flexibility index (Phi) is 8.39. The van der Waals surface area contributed by atoms with Crippen molar-refractivity contribution in [1.82, 2.24) is 15.0 Å². The molecule has 2 N–H and O–H groups in total. The lowest BCUT2D eigenvalue weighted by Gasteiger charge is -2.37. The first-order valence-electron chi connectivity index (χ1n) is 13.3. The number of ether oxygens (including phenoxy) is 2. The van der Waals surface area contributed by atoms with Crippen LogP contribution in [0.15, 0.2) is 77.3 Å². The van der Waals surface area contributed by atoms with Crippen molar-refractivity contribution < 1.29 is 32.8 Å². The number of nitrogens with zero attached hydrogens (tertiary/aromatic N) is 3. The number of carbonyl (C=O) groups is 3. The normalized spacial score (nSPS) is 14.7. The Morgan fingerprint density at radius 2 is 1.64 bits per heavy atom. The SMILES string of the molecule is COC(=O)C1(C(=O)OCC(N)=O)CCN(Cc2ccc(-c3noc(-c4ccc(-c5ccccc5)c(F)c4)n3)cc2)CC1. The smallest absolute Gasteiger partial charge is 0.324 e. The minimum Gasteiger partial charge on any atom is -0.468 e. The Bertz CT molecular complexity index is 1580. The maximum Gasteiger partial charge on any atom is 0.324 e. The lowest BCUT2D eigenvalue weighted by atomic mass is 9.78. The van der Waals surface area contributed by atoms with Gasteiger partial charge in [-0.25, -0.2) is 4.39 Å². The number of likely N-dealkylation sites (tertiary alicyclic amines) is 1. The van der Waals surface area contributed by atoms with Gasteiger partial charge in [0.2, 0.25) is 5.82 Å². The van der Waals surface area contributed by atoms with E-state index in [1.165, 1.54) is 13.2 Å². The van der Waals surface area contributed by atoms with Gasteiger partial charge in [0, 0.05) is 36.3 Å². The number of hydrogen-bond acceptors (Lipinski definition) is 9. The van der Waals surface area contributed by atoms with Crippen molar-refractivity contribution in [3.63, 3.8) is 0 Å². The minimum atomic E-state index is -1.47. The third-order valence-corrected chi connectivity index (χ3v) is 7.37. The maximum atomic E-state index is 14.8. The highest BCUT2D eigenvalue weighted by molar-refractivity contribution is 6.00. The van der Waals surface area contributed by atoms with Gasteiger partial charge in [0.05, 0.1) is 7.11 Å². The highest BCUT2D eigenvalue weighted by atomic mass is 19.1. The average Bonchev–Trinajstić information content (AvgIpc) is 3.51. The molecule has 2 heterocycles. The van der Waals surface area contributed by atoms with Crippen molar-refractivity contribution >= 4 is 17.8 Å². The van der Waals surface area contributed by atoms with Crippen molar-refractivity contribution in [3.05, 3.63) is 84.2 Å². The van der Waals surface area contributed by atoms with E-state index < -0.39 is 29.9 Å². The Labute approximate surface area is 241 Å². The number of carbonyl (C=O) groups excluding carboxylic acids is 3. The molecule has 10 nitrogen and oxygen atoms in total. The standard InChI is InChI=1S/C31H29FN4O6/c1-40-29(38)31(30(39)41-19-26(33)37)13-15-36(16-14-31)18-20-7-9-22(10-8-20)27-34-28(42-35-27)23-11-12-24(25(32)17-23)21-5-3-2-4-6-21/h2-12,17H,13-16,18-19H2,1H3,(H2,33,37). The van der Waals surface area contributed by atoms with Crippen molar-refractivity contribution in [1.29, 1.82) is 0 Å². The van der Waals surface area contributed by atoms with Crippen molar-refractivity contribution in [2.75, 3.05) is 26.8 Å². The topological polar surface area (TPSA) is 138 Å². The average molecular weight is 573 g/mol. The summed E-state index contributed by atoms with van der Waals surface area (Å²) in [4.78, 5) is 42.7. The molecule has 1 amide bonds. The third-order valence-electron chi connectivity index (χ3n) is 7.37. The fourth-order valence-corrected chi connectivity index (χ4v) is 5.03. The first-order valence-corrected chi connectivity index (χ1v) is 13.3. The number of nitrogens with two attached hydrogens (primary N) is 1. The molecule has 1 aliphatic heterocycles. The molecule has 0 aliphatic carbocycles. The van der Waals surface area contributed by atoms with Gasteiger partial charge in [0.1, 0.15) is 5.82 Å². The van der Waals surface area contributed by atoms with Crippen molar-refractivity contribution in [2.24, 2.45) is 11.1 Å². The van der Waals surface area contributed by atoms with E-state index in [4.69, 9.17) is 19.7 Å². The molecule has 4 aromatic rings. The van der Waals surface area contributed by atoms with E-state index in [1.54, 1.807) is 12.1 Å². The highest BCUT2D eigenvalue weighted by Crippen LogP contribution is 2.35. The summed E-state index contributed by atoms with van der Waals surface area (Å²) in [6, 6.07) is 21.7.